The second-order valence-electron chi connectivity index (χ2n) is 7.08. The first-order valence-corrected chi connectivity index (χ1v) is 9.39. The predicted molar refractivity (Wildman–Crippen MR) is 110 cm³/mol. The van der Waals surface area contributed by atoms with Crippen molar-refractivity contribution in [2.45, 2.75) is 33.4 Å². The van der Waals surface area contributed by atoms with Crippen LogP contribution in [-0.4, -0.2) is 36.4 Å². The van der Waals surface area contributed by atoms with Gasteiger partial charge in [0.2, 0.25) is 11.9 Å². The molecular formula is C21H22N6O2. The van der Waals surface area contributed by atoms with E-state index in [1.807, 2.05) is 63.4 Å². The number of pyridine rings is 1. The Bertz CT molecular complexity index is 1160. The molecule has 29 heavy (non-hydrogen) atoms. The van der Waals surface area contributed by atoms with Gasteiger partial charge in [-0.3, -0.25) is 14.8 Å². The van der Waals surface area contributed by atoms with E-state index in [-0.39, 0.29) is 24.5 Å². The van der Waals surface area contributed by atoms with Gasteiger partial charge in [-0.1, -0.05) is 18.2 Å². The van der Waals surface area contributed by atoms with Crippen LogP contribution >= 0.6 is 0 Å². The molecule has 0 aliphatic rings. The number of aryl methyl sites for hydroxylation is 1. The summed E-state index contributed by atoms with van der Waals surface area (Å²) in [7, 11) is 0. The second kappa shape index (κ2) is 7.75. The number of ether oxygens (including phenoxy) is 1. The van der Waals surface area contributed by atoms with Crippen molar-refractivity contribution in [2.75, 3.05) is 5.32 Å². The van der Waals surface area contributed by atoms with E-state index in [0.717, 1.165) is 22.4 Å². The molecule has 0 spiro atoms. The second-order valence-corrected chi connectivity index (χ2v) is 7.08. The average molecular weight is 390 g/mol. The van der Waals surface area contributed by atoms with Gasteiger partial charge in [-0.2, -0.15) is 10.1 Å². The normalized spacial score (nSPS) is 11.2. The highest BCUT2D eigenvalue weighted by atomic mass is 16.5. The molecule has 3 heterocycles. The van der Waals surface area contributed by atoms with E-state index in [1.54, 1.807) is 21.6 Å². The number of rotatable bonds is 6. The number of carbonyl (C=O) groups is 1. The van der Waals surface area contributed by atoms with Crippen molar-refractivity contribution in [2.24, 2.45) is 0 Å². The topological polar surface area (TPSA) is 86.3 Å². The Hall–Kier alpha value is -3.68. The standard InChI is InChI=1S/C21H22N6O2/c1-14(2)29-18-7-5-4-6-17(18)16-8-9-19-23-21(25-27(19)12-16)24-20(28)13-26-11-15(3)10-22-26/h4-12,14H,13H2,1-3H3,(H,24,25,28). The van der Waals surface area contributed by atoms with Gasteiger partial charge in [-0.05, 0) is 44.5 Å². The summed E-state index contributed by atoms with van der Waals surface area (Å²) < 4.78 is 9.14. The van der Waals surface area contributed by atoms with E-state index >= 15 is 0 Å². The Labute approximate surface area is 168 Å². The van der Waals surface area contributed by atoms with Crippen LogP contribution in [-0.2, 0) is 11.3 Å². The Balaban J connectivity index is 1.56. The minimum Gasteiger partial charge on any atom is -0.490 e. The van der Waals surface area contributed by atoms with E-state index in [9.17, 15) is 4.79 Å². The maximum Gasteiger partial charge on any atom is 0.249 e. The highest BCUT2D eigenvalue weighted by Gasteiger charge is 2.12. The molecule has 0 saturated heterocycles. The zero-order valence-corrected chi connectivity index (χ0v) is 16.5. The Morgan fingerprint density at radius 3 is 2.76 bits per heavy atom. The Kier molecular flexibility index (Phi) is 4.99. The number of nitrogens with zero attached hydrogens (tertiary/aromatic N) is 5. The van der Waals surface area contributed by atoms with Crippen molar-refractivity contribution < 1.29 is 9.53 Å². The van der Waals surface area contributed by atoms with E-state index in [0.29, 0.717) is 5.65 Å². The van der Waals surface area contributed by atoms with Crippen molar-refractivity contribution in [3.05, 3.63) is 60.6 Å². The molecule has 4 aromatic rings. The van der Waals surface area contributed by atoms with Crippen LogP contribution in [0.3, 0.4) is 0 Å². The SMILES string of the molecule is Cc1cnn(CC(=O)Nc2nc3ccc(-c4ccccc4OC(C)C)cn3n2)c1. The molecule has 8 heteroatoms. The lowest BCUT2D eigenvalue weighted by molar-refractivity contribution is -0.116. The van der Waals surface area contributed by atoms with Gasteiger partial charge in [0.1, 0.15) is 12.3 Å². The molecule has 0 aliphatic heterocycles. The summed E-state index contributed by atoms with van der Waals surface area (Å²) in [5.74, 6) is 0.827. The summed E-state index contributed by atoms with van der Waals surface area (Å²) in [6.07, 6.45) is 5.46. The summed E-state index contributed by atoms with van der Waals surface area (Å²) in [6, 6.07) is 11.7. The Morgan fingerprint density at radius 2 is 2.00 bits per heavy atom. The molecule has 1 N–H and O–H groups in total. The van der Waals surface area contributed by atoms with E-state index < -0.39 is 0 Å². The first kappa shape index (κ1) is 18.7. The highest BCUT2D eigenvalue weighted by Crippen LogP contribution is 2.30. The summed E-state index contributed by atoms with van der Waals surface area (Å²) in [5, 5.41) is 11.2. The van der Waals surface area contributed by atoms with E-state index in [4.69, 9.17) is 4.74 Å². The molecule has 0 radical (unpaired) electrons. The van der Waals surface area contributed by atoms with Crippen LogP contribution in [0.1, 0.15) is 19.4 Å². The van der Waals surface area contributed by atoms with Crippen molar-refractivity contribution in [3.8, 4) is 16.9 Å². The molecule has 0 atom stereocenters. The van der Waals surface area contributed by atoms with Gasteiger partial charge in [-0.25, -0.2) is 4.52 Å². The number of anilines is 1. The minimum atomic E-state index is -0.236. The number of hydrogen-bond acceptors (Lipinski definition) is 5. The maximum atomic E-state index is 12.2. The molecule has 0 saturated carbocycles. The first-order valence-electron chi connectivity index (χ1n) is 9.39. The van der Waals surface area contributed by atoms with E-state index in [1.165, 1.54) is 0 Å². The highest BCUT2D eigenvalue weighted by molar-refractivity contribution is 5.89. The Morgan fingerprint density at radius 1 is 1.17 bits per heavy atom. The minimum absolute atomic E-state index is 0.0756. The smallest absolute Gasteiger partial charge is 0.249 e. The largest absolute Gasteiger partial charge is 0.490 e. The summed E-state index contributed by atoms with van der Waals surface area (Å²) in [5.41, 5.74) is 3.56. The molecule has 0 bridgehead atoms. The van der Waals surface area contributed by atoms with Crippen molar-refractivity contribution in [3.63, 3.8) is 0 Å². The third-order valence-electron chi connectivity index (χ3n) is 4.21. The third-order valence-corrected chi connectivity index (χ3v) is 4.21. The van der Waals surface area contributed by atoms with Gasteiger partial charge in [0.05, 0.1) is 12.3 Å². The van der Waals surface area contributed by atoms with E-state index in [2.05, 4.69) is 20.5 Å². The number of carbonyl (C=O) groups excluding carboxylic acids is 1. The zero-order valence-electron chi connectivity index (χ0n) is 16.5. The lowest BCUT2D eigenvalue weighted by Crippen LogP contribution is -2.19. The predicted octanol–water partition coefficient (Wildman–Crippen LogP) is 3.33. The molecule has 1 aromatic carbocycles. The van der Waals surface area contributed by atoms with Crippen molar-refractivity contribution in [1.29, 1.82) is 0 Å². The number of amides is 1. The van der Waals surface area contributed by atoms with Gasteiger partial charge in [0, 0.05) is 23.5 Å². The summed E-state index contributed by atoms with van der Waals surface area (Å²) in [4.78, 5) is 16.6. The molecule has 4 rings (SSSR count). The molecule has 148 valence electrons. The number of aromatic nitrogens is 5. The number of nitrogens with one attached hydrogen (secondary N) is 1. The van der Waals surface area contributed by atoms with Crippen LogP contribution in [0.2, 0.25) is 0 Å². The molecule has 0 fully saturated rings. The first-order chi connectivity index (χ1) is 14.0. The number of fused-ring (bicyclic) bond motifs is 1. The van der Waals surface area contributed by atoms with Gasteiger partial charge in [-0.15, -0.1) is 5.10 Å². The van der Waals surface area contributed by atoms with Gasteiger partial charge >= 0.3 is 0 Å². The fourth-order valence-corrected chi connectivity index (χ4v) is 3.02. The molecule has 3 aromatic heterocycles. The van der Waals surface area contributed by atoms with Crippen molar-refractivity contribution in [1.82, 2.24) is 24.4 Å². The zero-order chi connectivity index (χ0) is 20.4. The fourth-order valence-electron chi connectivity index (χ4n) is 3.02. The molecular weight excluding hydrogens is 368 g/mol. The monoisotopic (exact) mass is 390 g/mol. The third kappa shape index (κ3) is 4.26. The summed E-state index contributed by atoms with van der Waals surface area (Å²) in [6.45, 7) is 6.02. The lowest BCUT2D eigenvalue weighted by Gasteiger charge is -2.14. The fraction of sp³-hybridized carbons (Fsp3) is 0.238. The van der Waals surface area contributed by atoms with Crippen LogP contribution in [0.15, 0.2) is 55.0 Å². The van der Waals surface area contributed by atoms with Crippen molar-refractivity contribution >= 4 is 17.5 Å². The average Bonchev–Trinajstić information content (AvgIpc) is 3.26. The maximum absolute atomic E-state index is 12.2. The number of para-hydroxylation sites is 1. The molecule has 1 amide bonds. The van der Waals surface area contributed by atoms with Crippen LogP contribution in [0.4, 0.5) is 5.95 Å². The lowest BCUT2D eigenvalue weighted by atomic mass is 10.1. The van der Waals surface area contributed by atoms with Crippen LogP contribution < -0.4 is 10.1 Å². The van der Waals surface area contributed by atoms with Crippen LogP contribution in [0, 0.1) is 6.92 Å². The number of benzene rings is 1. The molecule has 0 aliphatic carbocycles. The van der Waals surface area contributed by atoms with Gasteiger partial charge < -0.3 is 4.74 Å². The van der Waals surface area contributed by atoms with Crippen LogP contribution in [0.5, 0.6) is 5.75 Å². The molecule has 0 unspecified atom stereocenters. The summed E-state index contributed by atoms with van der Waals surface area (Å²) >= 11 is 0. The van der Waals surface area contributed by atoms with Crippen LogP contribution in [0.25, 0.3) is 16.8 Å². The van der Waals surface area contributed by atoms with Gasteiger partial charge in [0.15, 0.2) is 5.65 Å². The number of hydrogen-bond donors (Lipinski definition) is 1. The quantitative estimate of drug-likeness (QED) is 0.546. The van der Waals surface area contributed by atoms with Gasteiger partial charge in [0.25, 0.3) is 0 Å². The molecule has 8 nitrogen and oxygen atoms in total.